The van der Waals surface area contributed by atoms with Gasteiger partial charge in [-0.3, -0.25) is 0 Å². The van der Waals surface area contributed by atoms with E-state index in [1.807, 2.05) is 26.8 Å². The summed E-state index contributed by atoms with van der Waals surface area (Å²) in [5, 5.41) is 3.66. The van der Waals surface area contributed by atoms with Gasteiger partial charge in [0.1, 0.15) is 5.60 Å². The minimum atomic E-state index is -0.476. The maximum atomic E-state index is 12.2. The van der Waals surface area contributed by atoms with Gasteiger partial charge in [0.2, 0.25) is 0 Å². The molecule has 0 aliphatic carbocycles. The molecule has 1 aliphatic rings. The second-order valence-electron chi connectivity index (χ2n) is 7.07. The van der Waals surface area contributed by atoms with E-state index in [4.69, 9.17) is 10.3 Å². The first-order valence-electron chi connectivity index (χ1n) is 8.24. The number of amides is 1. The number of carbonyl (C=O) groups excluding carboxylic acids is 1. The first-order valence-corrected chi connectivity index (χ1v) is 9.32. The van der Waals surface area contributed by atoms with Crippen molar-refractivity contribution in [3.8, 4) is 0 Å². The second kappa shape index (κ2) is 8.14. The number of hydrogen-bond donors (Lipinski definition) is 0. The summed E-state index contributed by atoms with van der Waals surface area (Å²) < 4.78 is 6.59. The molecule has 2 rings (SSSR count). The molecule has 1 saturated heterocycles. The molecule has 8 heteroatoms. The number of anilines is 1. The highest BCUT2D eigenvalue weighted by atomic mass is 127. The van der Waals surface area contributed by atoms with Gasteiger partial charge in [-0.2, -0.15) is 0 Å². The Labute approximate surface area is 162 Å². The molecule has 7 nitrogen and oxygen atoms in total. The zero-order valence-electron chi connectivity index (χ0n) is 15.1. The molecule has 0 atom stereocenters. The lowest BCUT2D eigenvalue weighted by atomic mass is 10.1. The summed E-state index contributed by atoms with van der Waals surface area (Å²) in [6, 6.07) is 4.13. The van der Waals surface area contributed by atoms with E-state index >= 15 is 0 Å². The first kappa shape index (κ1) is 19.7. The van der Waals surface area contributed by atoms with E-state index in [2.05, 4.69) is 50.5 Å². The summed E-state index contributed by atoms with van der Waals surface area (Å²) in [5.74, 6) is 0. The molecular formula is C17H24IN5O2. The molecule has 1 heterocycles. The number of piperazine rings is 1. The number of ether oxygens (including phenoxy) is 1. The number of benzene rings is 1. The molecular weight excluding hydrogens is 433 g/mol. The van der Waals surface area contributed by atoms with Crippen LogP contribution >= 0.6 is 22.6 Å². The molecule has 1 amide bonds. The number of halogens is 1. The average Bonchev–Trinajstić information content (AvgIpc) is 2.54. The minimum Gasteiger partial charge on any atom is -0.444 e. The smallest absolute Gasteiger partial charge is 0.410 e. The van der Waals surface area contributed by atoms with Crippen LogP contribution < -0.4 is 4.90 Å². The van der Waals surface area contributed by atoms with Crippen molar-refractivity contribution in [2.45, 2.75) is 39.8 Å². The zero-order chi connectivity index (χ0) is 18.6. The van der Waals surface area contributed by atoms with Crippen LogP contribution in [0.5, 0.6) is 0 Å². The molecule has 25 heavy (non-hydrogen) atoms. The van der Waals surface area contributed by atoms with Gasteiger partial charge in [-0.25, -0.2) is 4.79 Å². The Morgan fingerprint density at radius 2 is 1.96 bits per heavy atom. The van der Waals surface area contributed by atoms with Gasteiger partial charge in [0, 0.05) is 40.3 Å². The fourth-order valence-corrected chi connectivity index (χ4v) is 3.38. The van der Waals surface area contributed by atoms with E-state index in [1.165, 1.54) is 5.56 Å². The summed E-state index contributed by atoms with van der Waals surface area (Å²) in [6.07, 6.45) is -0.254. The van der Waals surface area contributed by atoms with Gasteiger partial charge in [-0.15, -0.1) is 0 Å². The Balaban J connectivity index is 2.08. The number of nitrogens with zero attached hydrogens (tertiary/aromatic N) is 5. The summed E-state index contributed by atoms with van der Waals surface area (Å²) in [7, 11) is 0. The fraction of sp³-hybridized carbons (Fsp3) is 0.588. The van der Waals surface area contributed by atoms with Crippen LogP contribution in [0.4, 0.5) is 10.5 Å². The van der Waals surface area contributed by atoms with Crippen molar-refractivity contribution in [1.82, 2.24) is 4.90 Å². The molecule has 0 saturated carbocycles. The summed E-state index contributed by atoms with van der Waals surface area (Å²) in [4.78, 5) is 19.1. The number of hydrogen-bond acceptors (Lipinski definition) is 4. The molecule has 0 spiro atoms. The van der Waals surface area contributed by atoms with Gasteiger partial charge in [-0.1, -0.05) is 5.11 Å². The molecule has 0 N–H and O–H groups in total. The molecule has 0 unspecified atom stereocenters. The monoisotopic (exact) mass is 457 g/mol. The average molecular weight is 457 g/mol. The molecule has 1 fully saturated rings. The van der Waals surface area contributed by atoms with Crippen molar-refractivity contribution in [3.63, 3.8) is 0 Å². The molecule has 0 aromatic heterocycles. The topological polar surface area (TPSA) is 81.5 Å². The van der Waals surface area contributed by atoms with Crippen molar-refractivity contribution in [3.05, 3.63) is 37.3 Å². The zero-order valence-corrected chi connectivity index (χ0v) is 17.3. The summed E-state index contributed by atoms with van der Waals surface area (Å²) in [5.41, 5.74) is 11.4. The third-order valence-corrected chi connectivity index (χ3v) is 5.09. The van der Waals surface area contributed by atoms with Crippen LogP contribution in [0.2, 0.25) is 0 Å². The van der Waals surface area contributed by atoms with E-state index in [-0.39, 0.29) is 6.09 Å². The molecule has 1 aromatic carbocycles. The lowest BCUT2D eigenvalue weighted by Gasteiger charge is -2.37. The predicted molar refractivity (Wildman–Crippen MR) is 107 cm³/mol. The highest BCUT2D eigenvalue weighted by molar-refractivity contribution is 14.1. The van der Waals surface area contributed by atoms with Crippen LogP contribution in [0, 0.1) is 10.5 Å². The first-order chi connectivity index (χ1) is 11.7. The molecule has 0 radical (unpaired) electrons. The van der Waals surface area contributed by atoms with Crippen molar-refractivity contribution < 1.29 is 9.53 Å². The largest absolute Gasteiger partial charge is 0.444 e. The Hall–Kier alpha value is -1.67. The fourth-order valence-electron chi connectivity index (χ4n) is 2.71. The minimum absolute atomic E-state index is 0.254. The second-order valence-corrected chi connectivity index (χ2v) is 8.23. The van der Waals surface area contributed by atoms with E-state index in [0.29, 0.717) is 19.6 Å². The summed E-state index contributed by atoms with van der Waals surface area (Å²) in [6.45, 7) is 10.8. The van der Waals surface area contributed by atoms with Gasteiger partial charge >= 0.3 is 6.09 Å². The van der Waals surface area contributed by atoms with E-state index in [9.17, 15) is 4.79 Å². The van der Waals surface area contributed by atoms with Crippen LogP contribution in [0.15, 0.2) is 17.2 Å². The third kappa shape index (κ3) is 5.40. The van der Waals surface area contributed by atoms with E-state index in [1.54, 1.807) is 4.90 Å². The van der Waals surface area contributed by atoms with Gasteiger partial charge in [-0.05, 0) is 79.1 Å². The Morgan fingerprint density at radius 3 is 2.52 bits per heavy atom. The lowest BCUT2D eigenvalue weighted by molar-refractivity contribution is 0.0240. The predicted octanol–water partition coefficient (Wildman–Crippen LogP) is 4.47. The maximum Gasteiger partial charge on any atom is 0.410 e. The van der Waals surface area contributed by atoms with Gasteiger partial charge in [0.05, 0.1) is 6.54 Å². The van der Waals surface area contributed by atoms with Crippen LogP contribution in [0.3, 0.4) is 0 Å². The number of azide groups is 1. The van der Waals surface area contributed by atoms with Crippen LogP contribution in [-0.4, -0.2) is 42.8 Å². The SMILES string of the molecule is Cc1c(I)cc(CN=[N+]=[N-])cc1N1CCN(C(=O)OC(C)(C)C)CC1. The highest BCUT2D eigenvalue weighted by Gasteiger charge is 2.26. The van der Waals surface area contributed by atoms with E-state index in [0.717, 1.165) is 27.9 Å². The Morgan fingerprint density at radius 1 is 1.32 bits per heavy atom. The number of carbonyl (C=O) groups is 1. The maximum absolute atomic E-state index is 12.2. The summed E-state index contributed by atoms with van der Waals surface area (Å²) >= 11 is 2.31. The normalized spacial score (nSPS) is 14.9. The molecule has 1 aromatic rings. The third-order valence-electron chi connectivity index (χ3n) is 3.97. The van der Waals surface area contributed by atoms with E-state index < -0.39 is 5.60 Å². The molecule has 1 aliphatic heterocycles. The van der Waals surface area contributed by atoms with Crippen LogP contribution in [0.1, 0.15) is 31.9 Å². The molecule has 0 bridgehead atoms. The van der Waals surface area contributed by atoms with Crippen molar-refractivity contribution in [1.29, 1.82) is 0 Å². The molecule has 136 valence electrons. The lowest BCUT2D eigenvalue weighted by Crippen LogP contribution is -2.50. The number of rotatable bonds is 3. The Kier molecular flexibility index (Phi) is 6.40. The van der Waals surface area contributed by atoms with Crippen molar-refractivity contribution >= 4 is 34.4 Å². The highest BCUT2D eigenvalue weighted by Crippen LogP contribution is 2.28. The van der Waals surface area contributed by atoms with Gasteiger partial charge < -0.3 is 14.5 Å². The standard InChI is InChI=1S/C17H24IN5O2/c1-12-14(18)9-13(11-20-21-19)10-15(12)22-5-7-23(8-6-22)16(24)25-17(2,3)4/h9-10H,5-8,11H2,1-4H3. The van der Waals surface area contributed by atoms with Crippen molar-refractivity contribution in [2.75, 3.05) is 31.1 Å². The van der Waals surface area contributed by atoms with Crippen molar-refractivity contribution in [2.24, 2.45) is 5.11 Å². The van der Waals surface area contributed by atoms with Crippen LogP contribution in [-0.2, 0) is 11.3 Å². The van der Waals surface area contributed by atoms with Gasteiger partial charge in [0.25, 0.3) is 0 Å². The Bertz CT molecular complexity index is 687. The van der Waals surface area contributed by atoms with Gasteiger partial charge in [0.15, 0.2) is 0 Å². The quantitative estimate of drug-likeness (QED) is 0.291. The van der Waals surface area contributed by atoms with Crippen LogP contribution in [0.25, 0.3) is 10.4 Å².